The molecule has 0 radical (unpaired) electrons. The van der Waals surface area contributed by atoms with Crippen molar-refractivity contribution in [3.8, 4) is 5.75 Å². The number of thioether (sulfide) groups is 1. The van der Waals surface area contributed by atoms with Gasteiger partial charge in [0.05, 0.1) is 10.5 Å². The number of phenolic OH excluding ortho intramolecular Hbond substituents is 1. The summed E-state index contributed by atoms with van der Waals surface area (Å²) in [4.78, 5) is 48.5. The van der Waals surface area contributed by atoms with Crippen LogP contribution in [-0.2, 0) is 9.59 Å². The molecule has 1 aliphatic rings. The second kappa shape index (κ2) is 7.97. The zero-order valence-electron chi connectivity index (χ0n) is 14.3. The van der Waals surface area contributed by atoms with Gasteiger partial charge in [-0.05, 0) is 59.8 Å². The molecule has 28 heavy (non-hydrogen) atoms. The maximum atomic E-state index is 12.4. The van der Waals surface area contributed by atoms with Crippen LogP contribution in [0.2, 0.25) is 0 Å². The Labute approximate surface area is 163 Å². The largest absolute Gasteiger partial charge is 0.508 e. The SMILES string of the molecule is O=C(CN1C(=O)S/C(=C\c2ccc(O)cc2)C1=O)Nc1ccc(C(=O)O)cc1. The fourth-order valence-electron chi connectivity index (χ4n) is 2.40. The zero-order chi connectivity index (χ0) is 20.3. The summed E-state index contributed by atoms with van der Waals surface area (Å²) in [6.45, 7) is -0.460. The number of carbonyl (C=O) groups is 4. The summed E-state index contributed by atoms with van der Waals surface area (Å²) in [6, 6.07) is 11.6. The number of rotatable bonds is 5. The van der Waals surface area contributed by atoms with Crippen molar-refractivity contribution >= 4 is 46.5 Å². The van der Waals surface area contributed by atoms with Crippen LogP contribution in [0.3, 0.4) is 0 Å². The highest BCUT2D eigenvalue weighted by Gasteiger charge is 2.36. The van der Waals surface area contributed by atoms with Gasteiger partial charge in [0, 0.05) is 5.69 Å². The van der Waals surface area contributed by atoms with E-state index < -0.39 is 29.6 Å². The van der Waals surface area contributed by atoms with Crippen LogP contribution in [0.15, 0.2) is 53.4 Å². The van der Waals surface area contributed by atoms with E-state index in [0.717, 1.165) is 16.7 Å². The number of imide groups is 1. The Morgan fingerprint density at radius 2 is 1.68 bits per heavy atom. The number of anilines is 1. The Balaban J connectivity index is 1.65. The Bertz CT molecular complexity index is 982. The average molecular weight is 398 g/mol. The highest BCUT2D eigenvalue weighted by atomic mass is 32.2. The highest BCUT2D eigenvalue weighted by Crippen LogP contribution is 2.32. The number of benzene rings is 2. The minimum absolute atomic E-state index is 0.0725. The molecule has 142 valence electrons. The van der Waals surface area contributed by atoms with E-state index in [0.29, 0.717) is 11.3 Å². The van der Waals surface area contributed by atoms with E-state index in [4.69, 9.17) is 5.11 Å². The molecule has 9 heteroatoms. The number of hydrogen-bond acceptors (Lipinski definition) is 6. The van der Waals surface area contributed by atoms with E-state index >= 15 is 0 Å². The van der Waals surface area contributed by atoms with Gasteiger partial charge in [-0.2, -0.15) is 0 Å². The minimum atomic E-state index is -1.09. The molecule has 1 aliphatic heterocycles. The molecule has 2 aromatic carbocycles. The average Bonchev–Trinajstić information content (AvgIpc) is 2.91. The summed E-state index contributed by atoms with van der Waals surface area (Å²) in [5.74, 6) is -2.18. The van der Waals surface area contributed by atoms with Gasteiger partial charge in [0.1, 0.15) is 12.3 Å². The lowest BCUT2D eigenvalue weighted by Crippen LogP contribution is -2.36. The van der Waals surface area contributed by atoms with Gasteiger partial charge in [0.2, 0.25) is 5.91 Å². The molecule has 1 heterocycles. The van der Waals surface area contributed by atoms with Crippen molar-refractivity contribution in [2.75, 3.05) is 11.9 Å². The lowest BCUT2D eigenvalue weighted by Gasteiger charge is -2.12. The van der Waals surface area contributed by atoms with Crippen LogP contribution in [-0.4, -0.2) is 44.7 Å². The van der Waals surface area contributed by atoms with Crippen molar-refractivity contribution in [2.45, 2.75) is 0 Å². The summed E-state index contributed by atoms with van der Waals surface area (Å²) in [6.07, 6.45) is 1.51. The number of nitrogens with zero attached hydrogens (tertiary/aromatic N) is 1. The van der Waals surface area contributed by atoms with Gasteiger partial charge in [-0.15, -0.1) is 0 Å². The molecule has 0 aliphatic carbocycles. The van der Waals surface area contributed by atoms with Crippen molar-refractivity contribution in [1.29, 1.82) is 0 Å². The van der Waals surface area contributed by atoms with Crippen LogP contribution < -0.4 is 5.32 Å². The summed E-state index contributed by atoms with van der Waals surface area (Å²) in [5, 5.41) is 20.1. The van der Waals surface area contributed by atoms with E-state index in [2.05, 4.69) is 5.32 Å². The predicted molar refractivity (Wildman–Crippen MR) is 103 cm³/mol. The van der Waals surface area contributed by atoms with Crippen LogP contribution in [0.25, 0.3) is 6.08 Å². The third-order valence-electron chi connectivity index (χ3n) is 3.78. The fraction of sp³-hybridized carbons (Fsp3) is 0.0526. The monoisotopic (exact) mass is 398 g/mol. The molecular formula is C19H14N2O6S. The zero-order valence-corrected chi connectivity index (χ0v) is 15.1. The molecule has 0 saturated carbocycles. The predicted octanol–water partition coefficient (Wildman–Crippen LogP) is 2.77. The normalized spacial score (nSPS) is 15.1. The Morgan fingerprint density at radius 1 is 1.04 bits per heavy atom. The van der Waals surface area contributed by atoms with E-state index in [-0.39, 0.29) is 16.2 Å². The summed E-state index contributed by atoms with van der Waals surface area (Å²) >= 11 is 0.725. The van der Waals surface area contributed by atoms with Gasteiger partial charge in [-0.25, -0.2) is 4.79 Å². The molecule has 3 N–H and O–H groups in total. The Hall–Kier alpha value is -3.59. The number of carbonyl (C=O) groups excluding carboxylic acids is 3. The van der Waals surface area contributed by atoms with E-state index in [1.165, 1.54) is 42.5 Å². The van der Waals surface area contributed by atoms with Crippen LogP contribution in [0.4, 0.5) is 10.5 Å². The van der Waals surface area contributed by atoms with Crippen molar-refractivity contribution in [3.63, 3.8) is 0 Å². The molecule has 2 aromatic rings. The molecule has 0 spiro atoms. The number of hydrogen-bond donors (Lipinski definition) is 3. The van der Waals surface area contributed by atoms with Crippen LogP contribution in [0.5, 0.6) is 5.75 Å². The maximum absolute atomic E-state index is 12.4. The minimum Gasteiger partial charge on any atom is -0.508 e. The number of amides is 3. The Morgan fingerprint density at radius 3 is 2.29 bits per heavy atom. The first-order chi connectivity index (χ1) is 13.3. The number of carboxylic acids is 1. The van der Waals surface area contributed by atoms with Crippen molar-refractivity contribution < 1.29 is 29.4 Å². The first-order valence-electron chi connectivity index (χ1n) is 8.01. The van der Waals surface area contributed by atoms with E-state index in [9.17, 15) is 24.3 Å². The third kappa shape index (κ3) is 4.38. The molecular weight excluding hydrogens is 384 g/mol. The molecule has 8 nitrogen and oxygen atoms in total. The topological polar surface area (TPSA) is 124 Å². The number of carboxylic acid groups (broad SMARTS) is 1. The van der Waals surface area contributed by atoms with Crippen LogP contribution in [0.1, 0.15) is 15.9 Å². The molecule has 1 fully saturated rings. The number of nitrogens with one attached hydrogen (secondary N) is 1. The highest BCUT2D eigenvalue weighted by molar-refractivity contribution is 8.18. The van der Waals surface area contributed by atoms with E-state index in [1.807, 2.05) is 0 Å². The third-order valence-corrected chi connectivity index (χ3v) is 4.69. The molecule has 0 atom stereocenters. The van der Waals surface area contributed by atoms with Gasteiger partial charge in [0.15, 0.2) is 0 Å². The molecule has 0 aromatic heterocycles. The first kappa shape index (κ1) is 19.2. The molecule has 0 bridgehead atoms. The van der Waals surface area contributed by atoms with Gasteiger partial charge < -0.3 is 15.5 Å². The summed E-state index contributed by atoms with van der Waals surface area (Å²) in [5.41, 5.74) is 1.05. The number of phenols is 1. The van der Waals surface area contributed by atoms with Crippen LogP contribution in [0, 0.1) is 0 Å². The standard InChI is InChI=1S/C19H14N2O6S/c22-14-7-1-11(2-8-14)9-15-17(24)21(19(27)28-15)10-16(23)20-13-5-3-12(4-6-13)18(25)26/h1-9,22H,10H2,(H,20,23)(H,25,26)/b15-9-. The second-order valence-corrected chi connectivity index (χ2v) is 6.78. The molecule has 3 rings (SSSR count). The van der Waals surface area contributed by atoms with E-state index in [1.54, 1.807) is 12.1 Å². The van der Waals surface area contributed by atoms with Crippen LogP contribution >= 0.6 is 11.8 Å². The van der Waals surface area contributed by atoms with Gasteiger partial charge in [-0.3, -0.25) is 19.3 Å². The Kier molecular flexibility index (Phi) is 5.46. The van der Waals surface area contributed by atoms with Gasteiger partial charge in [-0.1, -0.05) is 12.1 Å². The van der Waals surface area contributed by atoms with Crippen molar-refractivity contribution in [2.24, 2.45) is 0 Å². The van der Waals surface area contributed by atoms with Gasteiger partial charge in [0.25, 0.3) is 11.1 Å². The smallest absolute Gasteiger partial charge is 0.335 e. The molecule has 3 amide bonds. The first-order valence-corrected chi connectivity index (χ1v) is 8.83. The molecule has 1 saturated heterocycles. The second-order valence-electron chi connectivity index (χ2n) is 5.79. The summed E-state index contributed by atoms with van der Waals surface area (Å²) in [7, 11) is 0. The van der Waals surface area contributed by atoms with Crippen molar-refractivity contribution in [1.82, 2.24) is 4.90 Å². The number of aromatic hydroxyl groups is 1. The fourth-order valence-corrected chi connectivity index (χ4v) is 3.24. The molecule has 0 unspecified atom stereocenters. The lowest BCUT2D eigenvalue weighted by atomic mass is 10.2. The van der Waals surface area contributed by atoms with Crippen molar-refractivity contribution in [3.05, 3.63) is 64.6 Å². The summed E-state index contributed by atoms with van der Waals surface area (Å²) < 4.78 is 0. The van der Waals surface area contributed by atoms with Gasteiger partial charge >= 0.3 is 5.97 Å². The number of aromatic carboxylic acids is 1. The lowest BCUT2D eigenvalue weighted by molar-refractivity contribution is -0.127. The quantitative estimate of drug-likeness (QED) is 0.662. The maximum Gasteiger partial charge on any atom is 0.335 e.